The monoisotopic (exact) mass is 463 g/mol. The zero-order valence-electron chi connectivity index (χ0n) is 18.0. The number of ketones is 1. The van der Waals surface area contributed by atoms with Crippen molar-refractivity contribution < 1.29 is 22.4 Å². The number of amides is 1. The molecule has 3 aromatic rings. The van der Waals surface area contributed by atoms with Gasteiger partial charge in [-0.1, -0.05) is 48.5 Å². The van der Waals surface area contributed by atoms with Gasteiger partial charge >= 0.3 is 0 Å². The van der Waals surface area contributed by atoms with E-state index in [0.29, 0.717) is 12.0 Å². The molecular formula is C26H22FNO4S. The second-order valence-electron chi connectivity index (χ2n) is 8.88. The summed E-state index contributed by atoms with van der Waals surface area (Å²) >= 11 is 0. The molecule has 1 saturated carbocycles. The van der Waals surface area contributed by atoms with Crippen LogP contribution in [0.25, 0.3) is 0 Å². The van der Waals surface area contributed by atoms with Gasteiger partial charge in [0.1, 0.15) is 11.6 Å². The Hall–Kier alpha value is -3.32. The van der Waals surface area contributed by atoms with Crippen LogP contribution < -0.4 is 4.90 Å². The van der Waals surface area contributed by atoms with Crippen LogP contribution in [0.2, 0.25) is 0 Å². The fourth-order valence-electron chi connectivity index (χ4n) is 4.95. The number of halogens is 1. The minimum atomic E-state index is -3.44. The van der Waals surface area contributed by atoms with Crippen LogP contribution in [-0.4, -0.2) is 32.1 Å². The molecule has 33 heavy (non-hydrogen) atoms. The zero-order chi connectivity index (χ0) is 23.4. The van der Waals surface area contributed by atoms with Crippen LogP contribution in [-0.2, 0) is 26.6 Å². The Bertz CT molecular complexity index is 1380. The van der Waals surface area contributed by atoms with Gasteiger partial charge in [0.2, 0.25) is 5.91 Å². The lowest BCUT2D eigenvalue weighted by molar-refractivity contribution is -0.120. The standard InChI is InChI=1S/C26H22FNO4S/c1-33(31,32)16-24(29)19-6-4-5-17(13-19)15-28-23-8-3-2-7-21(23)26(25(28)30)14-22(26)18-9-11-20(27)12-10-18/h2-13,22H,14-16H2,1H3/t22-,26-/m1/s1. The van der Waals surface area contributed by atoms with E-state index in [-0.39, 0.29) is 24.2 Å². The van der Waals surface area contributed by atoms with Crippen molar-refractivity contribution in [3.8, 4) is 0 Å². The third-order valence-corrected chi connectivity index (χ3v) is 7.30. The van der Waals surface area contributed by atoms with Crippen molar-refractivity contribution in [2.45, 2.75) is 24.3 Å². The maximum Gasteiger partial charge on any atom is 0.238 e. The molecule has 2 atom stereocenters. The predicted molar refractivity (Wildman–Crippen MR) is 124 cm³/mol. The van der Waals surface area contributed by atoms with Crippen molar-refractivity contribution in [3.63, 3.8) is 0 Å². The molecule has 0 saturated heterocycles. The number of benzene rings is 3. The van der Waals surface area contributed by atoms with Crippen LogP contribution in [0.3, 0.4) is 0 Å². The maximum absolute atomic E-state index is 13.7. The molecular weight excluding hydrogens is 441 g/mol. The van der Waals surface area contributed by atoms with E-state index in [1.165, 1.54) is 12.1 Å². The van der Waals surface area contributed by atoms with E-state index in [1.807, 2.05) is 30.3 Å². The van der Waals surface area contributed by atoms with Crippen LogP contribution in [0.4, 0.5) is 10.1 Å². The molecule has 1 heterocycles. The Morgan fingerprint density at radius 2 is 1.79 bits per heavy atom. The van der Waals surface area contributed by atoms with Gasteiger partial charge in [-0.25, -0.2) is 12.8 Å². The van der Waals surface area contributed by atoms with Crippen molar-refractivity contribution in [2.24, 2.45) is 0 Å². The van der Waals surface area contributed by atoms with E-state index in [0.717, 1.165) is 28.6 Å². The number of fused-ring (bicyclic) bond motifs is 2. The summed E-state index contributed by atoms with van der Waals surface area (Å²) in [7, 11) is -3.44. The first-order valence-electron chi connectivity index (χ1n) is 10.7. The molecule has 7 heteroatoms. The third kappa shape index (κ3) is 3.76. The number of hydrogen-bond acceptors (Lipinski definition) is 4. The molecule has 0 bridgehead atoms. The summed E-state index contributed by atoms with van der Waals surface area (Å²) in [6, 6.07) is 20.8. The van der Waals surface area contributed by atoms with Gasteiger partial charge < -0.3 is 4.90 Å². The number of carbonyl (C=O) groups is 2. The largest absolute Gasteiger partial charge is 0.307 e. The van der Waals surface area contributed by atoms with Crippen molar-refractivity contribution in [1.82, 2.24) is 0 Å². The highest BCUT2D eigenvalue weighted by atomic mass is 32.2. The Morgan fingerprint density at radius 3 is 2.52 bits per heavy atom. The molecule has 3 aromatic carbocycles. The fraction of sp³-hybridized carbons (Fsp3) is 0.231. The second kappa shape index (κ2) is 7.63. The predicted octanol–water partition coefficient (Wildman–Crippen LogP) is 4.03. The van der Waals surface area contributed by atoms with Crippen molar-refractivity contribution >= 4 is 27.2 Å². The van der Waals surface area contributed by atoms with Gasteiger partial charge in [0.15, 0.2) is 15.6 Å². The average molecular weight is 464 g/mol. The summed E-state index contributed by atoms with van der Waals surface area (Å²) in [5.41, 5.74) is 3.14. The highest BCUT2D eigenvalue weighted by molar-refractivity contribution is 7.91. The second-order valence-corrected chi connectivity index (χ2v) is 11.0. The number of carbonyl (C=O) groups excluding carboxylic acids is 2. The van der Waals surface area contributed by atoms with Crippen molar-refractivity contribution in [1.29, 1.82) is 0 Å². The molecule has 1 amide bonds. The maximum atomic E-state index is 13.7. The summed E-state index contributed by atoms with van der Waals surface area (Å²) in [6.45, 7) is 0.272. The summed E-state index contributed by atoms with van der Waals surface area (Å²) in [4.78, 5) is 27.8. The molecule has 1 fully saturated rings. The first kappa shape index (κ1) is 21.5. The first-order valence-corrected chi connectivity index (χ1v) is 12.7. The SMILES string of the molecule is CS(=O)(=O)CC(=O)c1cccc(CN2C(=O)[C@]3(C[C@@H]3c3ccc(F)cc3)c3ccccc32)c1. The minimum Gasteiger partial charge on any atom is -0.307 e. The number of para-hydroxylation sites is 1. The molecule has 0 N–H and O–H groups in total. The van der Waals surface area contributed by atoms with Crippen LogP contribution in [0.1, 0.15) is 39.4 Å². The smallest absolute Gasteiger partial charge is 0.238 e. The van der Waals surface area contributed by atoms with E-state index < -0.39 is 26.8 Å². The number of anilines is 1. The lowest BCUT2D eigenvalue weighted by Gasteiger charge is -2.19. The minimum absolute atomic E-state index is 0.00843. The molecule has 5 nitrogen and oxygen atoms in total. The normalized spacial score (nSPS) is 21.3. The number of hydrogen-bond donors (Lipinski definition) is 0. The van der Waals surface area contributed by atoms with E-state index in [9.17, 15) is 22.4 Å². The van der Waals surface area contributed by atoms with Crippen LogP contribution in [0, 0.1) is 5.82 Å². The number of sulfone groups is 1. The summed E-state index contributed by atoms with van der Waals surface area (Å²) in [5.74, 6) is -1.35. The van der Waals surface area contributed by atoms with E-state index >= 15 is 0 Å². The average Bonchev–Trinajstić information content (AvgIpc) is 3.48. The summed E-state index contributed by atoms with van der Waals surface area (Å²) < 4.78 is 36.4. The van der Waals surface area contributed by atoms with Crippen molar-refractivity contribution in [3.05, 3.63) is 101 Å². The molecule has 0 aromatic heterocycles. The number of Topliss-reactive ketones (excluding diaryl/α,β-unsaturated/α-hetero) is 1. The molecule has 0 unspecified atom stereocenters. The lowest BCUT2D eigenvalue weighted by Crippen LogP contribution is -2.32. The Morgan fingerprint density at radius 1 is 1.06 bits per heavy atom. The number of nitrogens with zero attached hydrogens (tertiary/aromatic N) is 1. The lowest BCUT2D eigenvalue weighted by atomic mass is 9.92. The van der Waals surface area contributed by atoms with Crippen molar-refractivity contribution in [2.75, 3.05) is 16.9 Å². The molecule has 168 valence electrons. The van der Waals surface area contributed by atoms with Gasteiger partial charge in [-0.05, 0) is 47.4 Å². The zero-order valence-corrected chi connectivity index (χ0v) is 18.8. The van der Waals surface area contributed by atoms with E-state index in [1.54, 1.807) is 35.2 Å². The van der Waals surface area contributed by atoms with Gasteiger partial charge in [-0.15, -0.1) is 0 Å². The Balaban J connectivity index is 1.45. The van der Waals surface area contributed by atoms with E-state index in [2.05, 4.69) is 0 Å². The quantitative estimate of drug-likeness (QED) is 0.518. The summed E-state index contributed by atoms with van der Waals surface area (Å²) in [5, 5.41) is 0. The summed E-state index contributed by atoms with van der Waals surface area (Å²) in [6.07, 6.45) is 1.69. The highest BCUT2D eigenvalue weighted by Gasteiger charge is 2.67. The van der Waals surface area contributed by atoms with Crippen LogP contribution in [0.5, 0.6) is 0 Å². The molecule has 5 rings (SSSR count). The van der Waals surface area contributed by atoms with Gasteiger partial charge in [-0.3, -0.25) is 9.59 Å². The van der Waals surface area contributed by atoms with Gasteiger partial charge in [-0.2, -0.15) is 0 Å². The first-order chi connectivity index (χ1) is 15.7. The molecule has 2 aliphatic rings. The molecule has 1 spiro atoms. The van der Waals surface area contributed by atoms with E-state index in [4.69, 9.17) is 0 Å². The highest BCUT2D eigenvalue weighted by Crippen LogP contribution is 2.66. The molecule has 0 radical (unpaired) electrons. The number of rotatable bonds is 6. The third-order valence-electron chi connectivity index (χ3n) is 6.52. The van der Waals surface area contributed by atoms with Gasteiger partial charge in [0.25, 0.3) is 0 Å². The van der Waals surface area contributed by atoms with Gasteiger partial charge in [0, 0.05) is 23.4 Å². The topological polar surface area (TPSA) is 71.5 Å². The Labute approximate surface area is 191 Å². The molecule has 1 aliphatic heterocycles. The van der Waals surface area contributed by atoms with Crippen LogP contribution >= 0.6 is 0 Å². The van der Waals surface area contributed by atoms with Crippen LogP contribution in [0.15, 0.2) is 72.8 Å². The fourth-order valence-corrected chi connectivity index (χ4v) is 5.59. The Kier molecular flexibility index (Phi) is 4.97. The molecule has 1 aliphatic carbocycles. The van der Waals surface area contributed by atoms with Gasteiger partial charge in [0.05, 0.1) is 12.0 Å².